The van der Waals surface area contributed by atoms with Crippen LogP contribution in [0.5, 0.6) is 0 Å². The van der Waals surface area contributed by atoms with E-state index in [2.05, 4.69) is 62.9 Å². The number of ether oxygens (including phenoxy) is 1. The largest absolute Gasteiger partial charge is 0.462 e. The first-order chi connectivity index (χ1) is 15.5. The van der Waals surface area contributed by atoms with Crippen LogP contribution < -0.4 is 0 Å². The quantitative estimate of drug-likeness (QED) is 0.209. The fourth-order valence-electron chi connectivity index (χ4n) is 4.46. The molecule has 2 nitrogen and oxygen atoms in total. The SMILES string of the molecule is C=C(C)C(=O)OCCCc1ccc2c(c1)C=C(c1ccc(CCCCC)cc1CC)CC2. The second-order valence-corrected chi connectivity index (χ2v) is 9.02. The first kappa shape index (κ1) is 24.0. The lowest BCUT2D eigenvalue weighted by Gasteiger charge is -2.20. The Bertz CT molecular complexity index is 980. The molecule has 0 heterocycles. The molecule has 0 saturated carbocycles. The molecular formula is C30H38O2. The number of rotatable bonds is 11. The predicted molar refractivity (Wildman–Crippen MR) is 136 cm³/mol. The van der Waals surface area contributed by atoms with Crippen LogP contribution in [0, 0.1) is 0 Å². The molecule has 0 radical (unpaired) electrons. The van der Waals surface area contributed by atoms with Crippen LogP contribution in [0.1, 0.15) is 86.3 Å². The number of fused-ring (bicyclic) bond motifs is 1. The van der Waals surface area contributed by atoms with E-state index in [4.69, 9.17) is 4.74 Å². The maximum Gasteiger partial charge on any atom is 0.333 e. The molecular weight excluding hydrogens is 392 g/mol. The molecule has 0 aromatic heterocycles. The number of carbonyl (C=O) groups is 1. The number of hydrogen-bond donors (Lipinski definition) is 0. The molecule has 1 aliphatic rings. The third-order valence-corrected chi connectivity index (χ3v) is 6.36. The number of carbonyl (C=O) groups excluding carboxylic acids is 1. The summed E-state index contributed by atoms with van der Waals surface area (Å²) in [5.41, 5.74) is 10.4. The molecule has 0 saturated heterocycles. The van der Waals surface area contributed by atoms with Crippen LogP contribution in [0.15, 0.2) is 48.6 Å². The van der Waals surface area contributed by atoms with Gasteiger partial charge in [-0.15, -0.1) is 0 Å². The molecule has 0 N–H and O–H groups in total. The fraction of sp³-hybridized carbons (Fsp3) is 0.433. The molecule has 0 aliphatic heterocycles. The van der Waals surface area contributed by atoms with Gasteiger partial charge >= 0.3 is 5.97 Å². The van der Waals surface area contributed by atoms with Gasteiger partial charge in [-0.25, -0.2) is 4.79 Å². The van der Waals surface area contributed by atoms with E-state index in [0.717, 1.165) is 32.1 Å². The lowest BCUT2D eigenvalue weighted by molar-refractivity contribution is -0.139. The van der Waals surface area contributed by atoms with Crippen LogP contribution in [-0.2, 0) is 35.2 Å². The van der Waals surface area contributed by atoms with Crippen LogP contribution in [0.4, 0.5) is 0 Å². The van der Waals surface area contributed by atoms with E-state index in [-0.39, 0.29) is 5.97 Å². The van der Waals surface area contributed by atoms with Crippen molar-refractivity contribution in [1.29, 1.82) is 0 Å². The van der Waals surface area contributed by atoms with Gasteiger partial charge in [-0.1, -0.05) is 75.7 Å². The number of allylic oxidation sites excluding steroid dienone is 1. The fourth-order valence-corrected chi connectivity index (χ4v) is 4.46. The number of esters is 1. The Hall–Kier alpha value is -2.61. The Morgan fingerprint density at radius 1 is 0.969 bits per heavy atom. The van der Waals surface area contributed by atoms with Gasteiger partial charge in [0.2, 0.25) is 0 Å². The summed E-state index contributed by atoms with van der Waals surface area (Å²) in [7, 11) is 0. The molecule has 2 aromatic rings. The minimum Gasteiger partial charge on any atom is -0.462 e. The van der Waals surface area contributed by atoms with Crippen LogP contribution >= 0.6 is 0 Å². The number of hydrogen-bond acceptors (Lipinski definition) is 2. The Morgan fingerprint density at radius 3 is 2.47 bits per heavy atom. The van der Waals surface area contributed by atoms with Gasteiger partial charge in [-0.2, -0.15) is 0 Å². The number of benzene rings is 2. The van der Waals surface area contributed by atoms with Crippen molar-refractivity contribution in [3.63, 3.8) is 0 Å². The van der Waals surface area contributed by atoms with E-state index in [9.17, 15) is 4.79 Å². The first-order valence-corrected chi connectivity index (χ1v) is 12.3. The average Bonchev–Trinajstić information content (AvgIpc) is 2.81. The summed E-state index contributed by atoms with van der Waals surface area (Å²) in [6.07, 6.45) is 12.5. The van der Waals surface area contributed by atoms with Gasteiger partial charge in [-0.3, -0.25) is 0 Å². The smallest absolute Gasteiger partial charge is 0.333 e. The summed E-state index contributed by atoms with van der Waals surface area (Å²) in [4.78, 5) is 11.5. The second-order valence-electron chi connectivity index (χ2n) is 9.02. The average molecular weight is 431 g/mol. The summed E-state index contributed by atoms with van der Waals surface area (Å²) in [5, 5.41) is 0. The van der Waals surface area contributed by atoms with Crippen molar-refractivity contribution in [2.24, 2.45) is 0 Å². The first-order valence-electron chi connectivity index (χ1n) is 12.3. The Labute approximate surface area is 194 Å². The van der Waals surface area contributed by atoms with Gasteiger partial charge in [0.05, 0.1) is 6.61 Å². The van der Waals surface area contributed by atoms with Crippen molar-refractivity contribution in [1.82, 2.24) is 0 Å². The molecule has 2 aromatic carbocycles. The Morgan fingerprint density at radius 2 is 1.72 bits per heavy atom. The van der Waals surface area contributed by atoms with Gasteiger partial charge < -0.3 is 4.74 Å². The third-order valence-electron chi connectivity index (χ3n) is 6.36. The lowest BCUT2D eigenvalue weighted by atomic mass is 9.85. The van der Waals surface area contributed by atoms with Gasteiger partial charge in [0.15, 0.2) is 0 Å². The van der Waals surface area contributed by atoms with Crippen LogP contribution in [-0.4, -0.2) is 12.6 Å². The molecule has 0 spiro atoms. The molecule has 2 heteroatoms. The normalized spacial score (nSPS) is 12.8. The van der Waals surface area contributed by atoms with Gasteiger partial charge in [-0.05, 0) is 90.8 Å². The van der Waals surface area contributed by atoms with Crippen molar-refractivity contribution < 1.29 is 9.53 Å². The standard InChI is InChI=1S/C30H38O2/c1-5-7-8-10-23-13-17-29(25(6-2)19-23)27-16-15-26-14-12-24(20-28(26)21-27)11-9-18-32-30(31)22(3)4/h12-14,17,19-21H,3,5-11,15-16,18H2,1-2,4H3. The highest BCUT2D eigenvalue weighted by Gasteiger charge is 2.15. The van der Waals surface area contributed by atoms with Crippen molar-refractivity contribution in [2.45, 2.75) is 78.6 Å². The van der Waals surface area contributed by atoms with Crippen molar-refractivity contribution in [3.05, 3.63) is 81.9 Å². The van der Waals surface area contributed by atoms with Crippen LogP contribution in [0.25, 0.3) is 11.6 Å². The topological polar surface area (TPSA) is 26.3 Å². The van der Waals surface area contributed by atoms with Crippen molar-refractivity contribution in [3.8, 4) is 0 Å². The minimum atomic E-state index is -0.300. The van der Waals surface area contributed by atoms with Gasteiger partial charge in [0.1, 0.15) is 0 Å². The molecule has 0 amide bonds. The van der Waals surface area contributed by atoms with E-state index in [1.54, 1.807) is 6.92 Å². The Balaban J connectivity index is 1.70. The van der Waals surface area contributed by atoms with E-state index in [0.29, 0.717) is 12.2 Å². The highest BCUT2D eigenvalue weighted by Crippen LogP contribution is 2.33. The molecule has 170 valence electrons. The molecule has 3 rings (SSSR count). The zero-order valence-corrected chi connectivity index (χ0v) is 20.1. The molecule has 32 heavy (non-hydrogen) atoms. The summed E-state index contributed by atoms with van der Waals surface area (Å²) in [5.74, 6) is -0.300. The van der Waals surface area contributed by atoms with E-state index in [1.807, 2.05) is 0 Å². The van der Waals surface area contributed by atoms with Crippen molar-refractivity contribution in [2.75, 3.05) is 6.61 Å². The van der Waals surface area contributed by atoms with Gasteiger partial charge in [0.25, 0.3) is 0 Å². The summed E-state index contributed by atoms with van der Waals surface area (Å²) in [6.45, 7) is 10.3. The molecule has 0 bridgehead atoms. The predicted octanol–water partition coefficient (Wildman–Crippen LogP) is 7.52. The molecule has 0 fully saturated rings. The second kappa shape index (κ2) is 11.9. The lowest BCUT2D eigenvalue weighted by Crippen LogP contribution is -2.07. The number of unbranched alkanes of at least 4 members (excludes halogenated alkanes) is 2. The van der Waals surface area contributed by atoms with Crippen LogP contribution in [0.2, 0.25) is 0 Å². The van der Waals surface area contributed by atoms with E-state index in [1.165, 1.54) is 64.6 Å². The highest BCUT2D eigenvalue weighted by atomic mass is 16.5. The van der Waals surface area contributed by atoms with E-state index >= 15 is 0 Å². The zero-order chi connectivity index (χ0) is 22.9. The summed E-state index contributed by atoms with van der Waals surface area (Å²) in [6, 6.07) is 13.9. The molecule has 1 aliphatic carbocycles. The minimum absolute atomic E-state index is 0.300. The zero-order valence-electron chi connectivity index (χ0n) is 20.1. The third kappa shape index (κ3) is 6.45. The monoisotopic (exact) mass is 430 g/mol. The molecule has 0 unspecified atom stereocenters. The van der Waals surface area contributed by atoms with Crippen LogP contribution in [0.3, 0.4) is 0 Å². The van der Waals surface area contributed by atoms with Gasteiger partial charge in [0, 0.05) is 5.57 Å². The summed E-state index contributed by atoms with van der Waals surface area (Å²) >= 11 is 0. The maximum absolute atomic E-state index is 11.5. The Kier molecular flexibility index (Phi) is 8.90. The van der Waals surface area contributed by atoms with Crippen molar-refractivity contribution >= 4 is 17.6 Å². The summed E-state index contributed by atoms with van der Waals surface area (Å²) < 4.78 is 5.23. The molecule has 0 atom stereocenters. The van der Waals surface area contributed by atoms with E-state index < -0.39 is 0 Å². The number of aryl methyl sites for hydroxylation is 4. The maximum atomic E-state index is 11.5. The highest BCUT2D eigenvalue weighted by molar-refractivity contribution is 5.87.